The number of halogens is 1. The van der Waals surface area contributed by atoms with Crippen LogP contribution < -0.4 is 15.8 Å². The van der Waals surface area contributed by atoms with Gasteiger partial charge in [0.15, 0.2) is 0 Å². The number of nitrogens with two attached hydrogens (primary N) is 1. The van der Waals surface area contributed by atoms with Gasteiger partial charge in [-0.2, -0.15) is 0 Å². The van der Waals surface area contributed by atoms with Crippen molar-refractivity contribution in [1.29, 1.82) is 0 Å². The zero-order chi connectivity index (χ0) is 16.8. The first-order valence-electron chi connectivity index (χ1n) is 6.93. The van der Waals surface area contributed by atoms with Crippen molar-refractivity contribution in [1.82, 2.24) is 4.72 Å². The molecule has 1 unspecified atom stereocenters. The Labute approximate surface area is 143 Å². The molecule has 0 heterocycles. The van der Waals surface area contributed by atoms with Gasteiger partial charge in [0.25, 0.3) is 0 Å². The molecule has 0 aliphatic carbocycles. The first kappa shape index (κ1) is 21.8. The van der Waals surface area contributed by atoms with E-state index in [-0.39, 0.29) is 48.3 Å². The van der Waals surface area contributed by atoms with E-state index < -0.39 is 10.0 Å². The highest BCUT2D eigenvalue weighted by molar-refractivity contribution is 7.89. The van der Waals surface area contributed by atoms with Gasteiger partial charge in [0.05, 0.1) is 17.4 Å². The van der Waals surface area contributed by atoms with Crippen molar-refractivity contribution in [2.45, 2.75) is 37.3 Å². The van der Waals surface area contributed by atoms with Crippen molar-refractivity contribution in [2.24, 2.45) is 5.73 Å². The van der Waals surface area contributed by atoms with Crippen molar-refractivity contribution >= 4 is 34.0 Å². The van der Waals surface area contributed by atoms with Crippen LogP contribution in [0.2, 0.25) is 0 Å². The molecular weight excluding hydrogens is 342 g/mol. The Kier molecular flexibility index (Phi) is 9.33. The maximum Gasteiger partial charge on any atom is 0.240 e. The largest absolute Gasteiger partial charge is 0.380 e. The lowest BCUT2D eigenvalue weighted by Gasteiger charge is -2.13. The van der Waals surface area contributed by atoms with Gasteiger partial charge in [0.1, 0.15) is 0 Å². The van der Waals surface area contributed by atoms with E-state index in [4.69, 9.17) is 10.5 Å². The van der Waals surface area contributed by atoms with Crippen LogP contribution in [0.15, 0.2) is 29.2 Å². The molecule has 0 radical (unpaired) electrons. The summed E-state index contributed by atoms with van der Waals surface area (Å²) in [4.78, 5) is 11.9. The van der Waals surface area contributed by atoms with E-state index in [0.29, 0.717) is 5.69 Å². The molecule has 1 rings (SSSR count). The van der Waals surface area contributed by atoms with Gasteiger partial charge in [-0.05, 0) is 38.1 Å². The highest BCUT2D eigenvalue weighted by Gasteiger charge is 2.16. The summed E-state index contributed by atoms with van der Waals surface area (Å²) >= 11 is 0. The number of anilines is 1. The normalized spacial score (nSPS) is 12.6. The minimum atomic E-state index is -3.53. The monoisotopic (exact) mass is 365 g/mol. The molecule has 1 atom stereocenters. The summed E-state index contributed by atoms with van der Waals surface area (Å²) < 4.78 is 31.5. The third kappa shape index (κ3) is 7.28. The van der Waals surface area contributed by atoms with Gasteiger partial charge in [-0.1, -0.05) is 0 Å². The molecule has 0 bridgehead atoms. The number of rotatable bonds is 8. The Morgan fingerprint density at radius 2 is 1.83 bits per heavy atom. The van der Waals surface area contributed by atoms with Crippen molar-refractivity contribution in [2.75, 3.05) is 19.0 Å². The lowest BCUT2D eigenvalue weighted by atomic mass is 10.2. The van der Waals surface area contributed by atoms with E-state index in [2.05, 4.69) is 10.0 Å². The second-order valence-corrected chi connectivity index (χ2v) is 6.86. The summed E-state index contributed by atoms with van der Waals surface area (Å²) in [5, 5.41) is 2.67. The summed E-state index contributed by atoms with van der Waals surface area (Å²) in [6.45, 7) is 3.74. The van der Waals surface area contributed by atoms with Crippen LogP contribution in [0.3, 0.4) is 0 Å². The van der Waals surface area contributed by atoms with Crippen LogP contribution in [0.1, 0.15) is 20.3 Å². The molecule has 0 saturated heterocycles. The Morgan fingerprint density at radius 3 is 2.26 bits per heavy atom. The molecule has 0 fully saturated rings. The Morgan fingerprint density at radius 1 is 1.26 bits per heavy atom. The number of hydrogen-bond donors (Lipinski definition) is 3. The highest BCUT2D eigenvalue weighted by atomic mass is 35.5. The Bertz CT molecular complexity index is 587. The molecule has 1 aromatic carbocycles. The number of amides is 1. The number of sulfonamides is 1. The third-order valence-corrected chi connectivity index (χ3v) is 4.52. The van der Waals surface area contributed by atoms with Gasteiger partial charge in [0.2, 0.25) is 15.9 Å². The molecule has 9 heteroatoms. The Balaban J connectivity index is 0.00000484. The van der Waals surface area contributed by atoms with E-state index >= 15 is 0 Å². The molecule has 23 heavy (non-hydrogen) atoms. The van der Waals surface area contributed by atoms with Crippen molar-refractivity contribution < 1.29 is 17.9 Å². The summed E-state index contributed by atoms with van der Waals surface area (Å²) in [5.74, 6) is -0.242. The fraction of sp³-hybridized carbons (Fsp3) is 0.500. The number of ether oxygens (including phenoxy) is 1. The Hall–Kier alpha value is -1.19. The van der Waals surface area contributed by atoms with E-state index in [1.54, 1.807) is 13.8 Å². The second kappa shape index (κ2) is 9.84. The molecule has 0 spiro atoms. The lowest BCUT2D eigenvalue weighted by molar-refractivity contribution is -0.118. The summed E-state index contributed by atoms with van der Waals surface area (Å²) in [7, 11) is -2.04. The number of benzene rings is 1. The third-order valence-electron chi connectivity index (χ3n) is 2.85. The number of carbonyl (C=O) groups excluding carboxylic acids is 1. The molecule has 0 aliphatic heterocycles. The van der Waals surface area contributed by atoms with Crippen LogP contribution in [0.4, 0.5) is 5.69 Å². The standard InChI is InChI=1S/C14H23N3O4S.ClH/c1-10(2)17-22(19,20)13-6-4-11(5-7-13)16-14(18)8-12(9-15)21-3;/h4-7,10,12,17H,8-9,15H2,1-3H3,(H,16,18);1H. The zero-order valence-corrected chi connectivity index (χ0v) is 15.0. The molecule has 0 aromatic heterocycles. The summed E-state index contributed by atoms with van der Waals surface area (Å²) in [6.07, 6.45) is -0.197. The number of hydrogen-bond acceptors (Lipinski definition) is 5. The summed E-state index contributed by atoms with van der Waals surface area (Å²) in [6, 6.07) is 5.77. The van der Waals surface area contributed by atoms with Crippen LogP contribution in [-0.4, -0.2) is 40.1 Å². The first-order chi connectivity index (χ1) is 10.3. The van der Waals surface area contributed by atoms with Crippen LogP contribution in [-0.2, 0) is 19.6 Å². The van der Waals surface area contributed by atoms with E-state index in [1.807, 2.05) is 0 Å². The van der Waals surface area contributed by atoms with Gasteiger partial charge in [0, 0.05) is 25.4 Å². The lowest BCUT2D eigenvalue weighted by Crippen LogP contribution is -2.30. The SMILES string of the molecule is COC(CN)CC(=O)Nc1ccc(S(=O)(=O)NC(C)C)cc1.Cl. The quantitative estimate of drug-likeness (QED) is 0.638. The zero-order valence-electron chi connectivity index (χ0n) is 13.4. The topological polar surface area (TPSA) is 111 Å². The summed E-state index contributed by atoms with van der Waals surface area (Å²) in [5.41, 5.74) is 5.97. The predicted molar refractivity (Wildman–Crippen MR) is 92.2 cm³/mol. The van der Waals surface area contributed by atoms with Gasteiger partial charge < -0.3 is 15.8 Å². The van der Waals surface area contributed by atoms with E-state index in [9.17, 15) is 13.2 Å². The molecule has 1 aromatic rings. The molecule has 0 aliphatic rings. The van der Waals surface area contributed by atoms with Gasteiger partial charge in [-0.25, -0.2) is 13.1 Å². The second-order valence-electron chi connectivity index (χ2n) is 5.15. The average molecular weight is 366 g/mol. The van der Waals surface area contributed by atoms with E-state index in [1.165, 1.54) is 31.4 Å². The molecule has 0 saturated carbocycles. The number of carbonyl (C=O) groups is 1. The maximum absolute atomic E-state index is 12.0. The predicted octanol–water partition coefficient (Wildman–Crippen LogP) is 1.10. The number of nitrogens with one attached hydrogen (secondary N) is 2. The fourth-order valence-corrected chi connectivity index (χ4v) is 3.03. The van der Waals surface area contributed by atoms with Gasteiger partial charge in [-0.15, -0.1) is 12.4 Å². The number of methoxy groups -OCH3 is 1. The first-order valence-corrected chi connectivity index (χ1v) is 8.42. The van der Waals surface area contributed by atoms with Crippen molar-refractivity contribution in [3.8, 4) is 0 Å². The minimum absolute atomic E-state index is 0. The molecule has 132 valence electrons. The molecule has 1 amide bonds. The van der Waals surface area contributed by atoms with Crippen LogP contribution in [0.5, 0.6) is 0 Å². The van der Waals surface area contributed by atoms with Gasteiger partial charge >= 0.3 is 0 Å². The molecule has 4 N–H and O–H groups in total. The average Bonchev–Trinajstić information content (AvgIpc) is 2.44. The molecular formula is C14H24ClN3O4S. The fourth-order valence-electron chi connectivity index (χ4n) is 1.78. The van der Waals surface area contributed by atoms with Crippen molar-refractivity contribution in [3.63, 3.8) is 0 Å². The van der Waals surface area contributed by atoms with Crippen molar-refractivity contribution in [3.05, 3.63) is 24.3 Å². The van der Waals surface area contributed by atoms with E-state index in [0.717, 1.165) is 0 Å². The van der Waals surface area contributed by atoms with Crippen LogP contribution in [0.25, 0.3) is 0 Å². The van der Waals surface area contributed by atoms with Gasteiger partial charge in [-0.3, -0.25) is 4.79 Å². The minimum Gasteiger partial charge on any atom is -0.380 e. The van der Waals surface area contributed by atoms with Crippen LogP contribution >= 0.6 is 12.4 Å². The smallest absolute Gasteiger partial charge is 0.240 e. The maximum atomic E-state index is 12.0. The van der Waals surface area contributed by atoms with Crippen LogP contribution in [0, 0.1) is 0 Å². The highest BCUT2D eigenvalue weighted by Crippen LogP contribution is 2.15. The molecule has 7 nitrogen and oxygen atoms in total.